The molecule has 2 aromatic heterocycles. The molecule has 0 saturated heterocycles. The van der Waals surface area contributed by atoms with Gasteiger partial charge in [0.1, 0.15) is 16.5 Å². The molecule has 0 atom stereocenters. The summed E-state index contributed by atoms with van der Waals surface area (Å²) >= 11 is 0. The van der Waals surface area contributed by atoms with Crippen molar-refractivity contribution in [3.63, 3.8) is 0 Å². The summed E-state index contributed by atoms with van der Waals surface area (Å²) in [7, 11) is -2.37. The molecule has 0 spiro atoms. The van der Waals surface area contributed by atoms with E-state index < -0.39 is 15.7 Å². The lowest BCUT2D eigenvalue weighted by atomic mass is 10.2. The Labute approximate surface area is 176 Å². The van der Waals surface area contributed by atoms with Crippen LogP contribution in [0.1, 0.15) is 41.5 Å². The van der Waals surface area contributed by atoms with Gasteiger partial charge in [0, 0.05) is 29.7 Å². The van der Waals surface area contributed by atoms with Gasteiger partial charge >= 0.3 is 0 Å². The van der Waals surface area contributed by atoms with Gasteiger partial charge in [-0.2, -0.15) is 0 Å². The number of benzene rings is 1. The highest BCUT2D eigenvalue weighted by atomic mass is 32.2. The minimum absolute atomic E-state index is 0.0590. The molecule has 0 fully saturated rings. The summed E-state index contributed by atoms with van der Waals surface area (Å²) in [6, 6.07) is 9.31. The third-order valence-electron chi connectivity index (χ3n) is 5.03. The van der Waals surface area contributed by atoms with Crippen molar-refractivity contribution < 1.29 is 17.9 Å². The highest BCUT2D eigenvalue weighted by molar-refractivity contribution is 7.91. The Bertz CT molecular complexity index is 1170. The van der Waals surface area contributed by atoms with Crippen LogP contribution >= 0.6 is 0 Å². The van der Waals surface area contributed by atoms with Gasteiger partial charge in [0.2, 0.25) is 9.84 Å². The minimum Gasteiger partial charge on any atom is -0.497 e. The zero-order chi connectivity index (χ0) is 22.1. The van der Waals surface area contributed by atoms with E-state index in [0.29, 0.717) is 16.9 Å². The molecule has 30 heavy (non-hydrogen) atoms. The van der Waals surface area contributed by atoms with E-state index in [2.05, 4.69) is 10.3 Å². The summed E-state index contributed by atoms with van der Waals surface area (Å²) in [4.78, 5) is 17.0. The van der Waals surface area contributed by atoms with E-state index in [-0.39, 0.29) is 21.7 Å². The number of rotatable bonds is 6. The normalized spacial score (nSPS) is 11.5. The first kappa shape index (κ1) is 21.6. The van der Waals surface area contributed by atoms with Gasteiger partial charge in [-0.1, -0.05) is 0 Å². The lowest BCUT2D eigenvalue weighted by molar-refractivity contribution is 0.102. The first-order valence-electron chi connectivity index (χ1n) is 9.50. The molecule has 0 radical (unpaired) electrons. The van der Waals surface area contributed by atoms with Crippen molar-refractivity contribution in [3.05, 3.63) is 65.6 Å². The number of hydrogen-bond donors (Lipinski definition) is 1. The van der Waals surface area contributed by atoms with E-state index in [1.165, 1.54) is 31.6 Å². The molecule has 0 aliphatic rings. The number of amides is 1. The van der Waals surface area contributed by atoms with Gasteiger partial charge in [0.25, 0.3) is 5.91 Å². The molecule has 0 unspecified atom stereocenters. The number of methoxy groups -OCH3 is 1. The topological polar surface area (TPSA) is 90.3 Å². The Hall–Kier alpha value is -3.13. The molecule has 7 nitrogen and oxygen atoms in total. The van der Waals surface area contributed by atoms with E-state index in [1.54, 1.807) is 31.2 Å². The van der Waals surface area contributed by atoms with Gasteiger partial charge in [-0.05, 0) is 69.7 Å². The Kier molecular flexibility index (Phi) is 5.98. The number of ether oxygens (including phenoxy) is 1. The van der Waals surface area contributed by atoms with Crippen LogP contribution < -0.4 is 10.1 Å². The van der Waals surface area contributed by atoms with Gasteiger partial charge < -0.3 is 14.6 Å². The Balaban J connectivity index is 2.18. The van der Waals surface area contributed by atoms with Gasteiger partial charge in [0.05, 0.1) is 12.0 Å². The van der Waals surface area contributed by atoms with E-state index in [1.807, 2.05) is 25.3 Å². The van der Waals surface area contributed by atoms with Gasteiger partial charge in [-0.3, -0.25) is 9.78 Å². The Morgan fingerprint density at radius 1 is 1.07 bits per heavy atom. The number of aromatic nitrogens is 2. The van der Waals surface area contributed by atoms with Crippen molar-refractivity contribution in [3.8, 4) is 5.75 Å². The number of nitrogens with one attached hydrogen (secondary N) is 1. The molecule has 0 aliphatic heterocycles. The summed E-state index contributed by atoms with van der Waals surface area (Å²) in [5.74, 6) is 0.424. The largest absolute Gasteiger partial charge is 0.497 e. The molecule has 1 N–H and O–H groups in total. The maximum absolute atomic E-state index is 13.6. The molecule has 3 rings (SSSR count). The molecular formula is C22H25N3O4S. The monoisotopic (exact) mass is 427 g/mol. The molecule has 8 heteroatoms. The fourth-order valence-electron chi connectivity index (χ4n) is 3.45. The SMILES string of the molecule is COc1ccc(S(=O)(=O)c2c(C)c(C)n(C(C)C)c2NC(=O)c2ccncc2)cc1. The number of nitrogens with zero attached hydrogens (tertiary/aromatic N) is 2. The van der Waals surface area contributed by atoms with Crippen molar-refractivity contribution >= 4 is 21.6 Å². The smallest absolute Gasteiger partial charge is 0.256 e. The summed E-state index contributed by atoms with van der Waals surface area (Å²) < 4.78 is 34.1. The van der Waals surface area contributed by atoms with Crippen LogP contribution in [0.3, 0.4) is 0 Å². The van der Waals surface area contributed by atoms with Crippen LogP contribution in [-0.2, 0) is 9.84 Å². The average molecular weight is 428 g/mol. The number of hydrogen-bond acceptors (Lipinski definition) is 5. The maximum atomic E-state index is 13.6. The second-order valence-corrected chi connectivity index (χ2v) is 9.11. The van der Waals surface area contributed by atoms with Crippen LogP contribution in [0.2, 0.25) is 0 Å². The summed E-state index contributed by atoms with van der Waals surface area (Å²) in [6.45, 7) is 7.49. The zero-order valence-corrected chi connectivity index (χ0v) is 18.4. The number of carbonyl (C=O) groups excluding carboxylic acids is 1. The molecule has 2 heterocycles. The van der Waals surface area contributed by atoms with Crippen molar-refractivity contribution in [2.45, 2.75) is 43.5 Å². The lowest BCUT2D eigenvalue weighted by Gasteiger charge is -2.17. The van der Waals surface area contributed by atoms with Gasteiger partial charge in [0.15, 0.2) is 0 Å². The molecule has 1 amide bonds. The van der Waals surface area contributed by atoms with Crippen molar-refractivity contribution in [1.82, 2.24) is 9.55 Å². The quantitative estimate of drug-likeness (QED) is 0.637. The van der Waals surface area contributed by atoms with E-state index in [0.717, 1.165) is 5.69 Å². The highest BCUT2D eigenvalue weighted by Gasteiger charge is 2.31. The predicted molar refractivity (Wildman–Crippen MR) is 115 cm³/mol. The van der Waals surface area contributed by atoms with Crippen molar-refractivity contribution in [1.29, 1.82) is 0 Å². The van der Waals surface area contributed by atoms with Crippen LogP contribution in [0.5, 0.6) is 5.75 Å². The second kappa shape index (κ2) is 8.31. The number of sulfone groups is 1. The standard InChI is InChI=1S/C22H25N3O4S/c1-14(2)25-16(4)15(3)20(21(25)24-22(26)17-10-12-23-13-11-17)30(27,28)19-8-6-18(29-5)7-9-19/h6-14H,1-5H3,(H,24,26). The van der Waals surface area contributed by atoms with Crippen LogP contribution in [0, 0.1) is 13.8 Å². The third-order valence-corrected chi connectivity index (χ3v) is 6.96. The molecule has 0 saturated carbocycles. The predicted octanol–water partition coefficient (Wildman–Crippen LogP) is 4.17. The van der Waals surface area contributed by atoms with Crippen molar-refractivity contribution in [2.75, 3.05) is 12.4 Å². The molecule has 1 aromatic carbocycles. The van der Waals surface area contributed by atoms with E-state index in [4.69, 9.17) is 4.74 Å². The van der Waals surface area contributed by atoms with Crippen LogP contribution in [0.15, 0.2) is 58.6 Å². The lowest BCUT2D eigenvalue weighted by Crippen LogP contribution is -2.19. The van der Waals surface area contributed by atoms with Crippen LogP contribution in [-0.4, -0.2) is 31.0 Å². The average Bonchev–Trinajstić information content (AvgIpc) is 2.99. The molecule has 0 aliphatic carbocycles. The molecular weight excluding hydrogens is 402 g/mol. The van der Waals surface area contributed by atoms with Crippen LogP contribution in [0.4, 0.5) is 5.82 Å². The molecule has 0 bridgehead atoms. The maximum Gasteiger partial charge on any atom is 0.256 e. The van der Waals surface area contributed by atoms with Crippen molar-refractivity contribution in [2.24, 2.45) is 0 Å². The zero-order valence-electron chi connectivity index (χ0n) is 17.6. The van der Waals surface area contributed by atoms with Gasteiger partial charge in [-0.15, -0.1) is 0 Å². The highest BCUT2D eigenvalue weighted by Crippen LogP contribution is 2.37. The summed E-state index contributed by atoms with van der Waals surface area (Å²) in [5.41, 5.74) is 1.77. The fourth-order valence-corrected chi connectivity index (χ4v) is 5.13. The third kappa shape index (κ3) is 3.82. The molecule has 3 aromatic rings. The minimum atomic E-state index is -3.89. The first-order chi connectivity index (χ1) is 14.2. The Morgan fingerprint density at radius 2 is 1.67 bits per heavy atom. The number of anilines is 1. The first-order valence-corrected chi connectivity index (χ1v) is 11.0. The summed E-state index contributed by atoms with van der Waals surface area (Å²) in [5, 5.41) is 2.83. The van der Waals surface area contributed by atoms with Crippen LogP contribution in [0.25, 0.3) is 0 Å². The fraction of sp³-hybridized carbons (Fsp3) is 0.273. The number of pyridine rings is 1. The van der Waals surface area contributed by atoms with Gasteiger partial charge in [-0.25, -0.2) is 8.42 Å². The summed E-state index contributed by atoms with van der Waals surface area (Å²) in [6.07, 6.45) is 3.03. The Morgan fingerprint density at radius 3 is 2.20 bits per heavy atom. The second-order valence-electron chi connectivity index (χ2n) is 7.22. The van der Waals surface area contributed by atoms with E-state index >= 15 is 0 Å². The number of carbonyl (C=O) groups is 1. The van der Waals surface area contributed by atoms with E-state index in [9.17, 15) is 13.2 Å². The molecule has 158 valence electrons.